The van der Waals surface area contributed by atoms with Crippen molar-refractivity contribution < 1.29 is 22.3 Å². The van der Waals surface area contributed by atoms with Crippen LogP contribution in [-0.2, 0) is 6.18 Å². The van der Waals surface area contributed by atoms with Gasteiger partial charge in [-0.3, -0.25) is 0 Å². The van der Waals surface area contributed by atoms with Gasteiger partial charge < -0.3 is 26.0 Å². The van der Waals surface area contributed by atoms with E-state index >= 15 is 4.39 Å². The van der Waals surface area contributed by atoms with E-state index in [-0.39, 0.29) is 34.4 Å². The standard InChI is InChI=1S/C27H33ClF4N6O/c1-7-8-12(2)34-11-18-14(4)39-26-20-19(13(3)25(38(5)6)37-24(20)35-18)22(29)23(36-26)16-9-15(33)10-17(28)21(16)27(30,31)32/h9-10,12,14,18,34H,7-8,11,33H2,1-6H3,(H,35,37)/t12?,14?,18-/m0/s1. The molecule has 0 bridgehead atoms. The van der Waals surface area contributed by atoms with Gasteiger partial charge in [-0.15, -0.1) is 0 Å². The number of pyridine rings is 2. The Morgan fingerprint density at radius 1 is 1.23 bits per heavy atom. The molecule has 3 atom stereocenters. The first kappa shape index (κ1) is 28.9. The molecular weight excluding hydrogens is 536 g/mol. The molecule has 0 amide bonds. The predicted molar refractivity (Wildman–Crippen MR) is 148 cm³/mol. The van der Waals surface area contributed by atoms with Gasteiger partial charge in [0, 0.05) is 48.9 Å². The fraction of sp³-hybridized carbons (Fsp3) is 0.481. The minimum Gasteiger partial charge on any atom is -0.472 e. The fourth-order valence-corrected chi connectivity index (χ4v) is 5.34. The summed E-state index contributed by atoms with van der Waals surface area (Å²) in [5.74, 6) is -0.174. The molecule has 3 aromatic rings. The highest BCUT2D eigenvalue weighted by molar-refractivity contribution is 6.32. The van der Waals surface area contributed by atoms with Gasteiger partial charge in [0.2, 0.25) is 5.88 Å². The van der Waals surface area contributed by atoms with Crippen molar-refractivity contribution in [1.29, 1.82) is 0 Å². The Morgan fingerprint density at radius 2 is 1.92 bits per heavy atom. The zero-order chi connectivity index (χ0) is 28.8. The van der Waals surface area contributed by atoms with Crippen molar-refractivity contribution in [1.82, 2.24) is 15.3 Å². The summed E-state index contributed by atoms with van der Waals surface area (Å²) in [5, 5.41) is 6.53. The number of ether oxygens (including phenoxy) is 1. The van der Waals surface area contributed by atoms with E-state index in [2.05, 4.69) is 29.5 Å². The van der Waals surface area contributed by atoms with Crippen LogP contribution in [0.25, 0.3) is 22.0 Å². The van der Waals surface area contributed by atoms with E-state index in [0.29, 0.717) is 23.7 Å². The first-order valence-corrected chi connectivity index (χ1v) is 13.2. The molecule has 212 valence electrons. The number of aryl methyl sites for hydroxylation is 1. The zero-order valence-electron chi connectivity index (χ0n) is 22.7. The second kappa shape index (κ2) is 10.8. The molecule has 2 aromatic heterocycles. The van der Waals surface area contributed by atoms with E-state index in [1.807, 2.05) is 6.92 Å². The first-order valence-electron chi connectivity index (χ1n) is 12.8. The third-order valence-electron chi connectivity index (χ3n) is 6.94. The van der Waals surface area contributed by atoms with E-state index in [4.69, 9.17) is 27.1 Å². The average Bonchev–Trinajstić information content (AvgIpc) is 2.95. The lowest BCUT2D eigenvalue weighted by Crippen LogP contribution is -2.45. The Hall–Kier alpha value is -3.05. The van der Waals surface area contributed by atoms with Gasteiger partial charge in [0.25, 0.3) is 0 Å². The van der Waals surface area contributed by atoms with Crippen LogP contribution in [0.1, 0.15) is 44.7 Å². The molecule has 0 radical (unpaired) electrons. The summed E-state index contributed by atoms with van der Waals surface area (Å²) >= 11 is 5.98. The van der Waals surface area contributed by atoms with Crippen LogP contribution in [-0.4, -0.2) is 48.8 Å². The van der Waals surface area contributed by atoms with Gasteiger partial charge in [-0.1, -0.05) is 24.9 Å². The van der Waals surface area contributed by atoms with E-state index in [1.165, 1.54) is 0 Å². The molecule has 1 aliphatic rings. The molecule has 7 nitrogen and oxygen atoms in total. The third-order valence-corrected chi connectivity index (χ3v) is 7.24. The highest BCUT2D eigenvalue weighted by Gasteiger charge is 2.39. The van der Waals surface area contributed by atoms with Gasteiger partial charge in [-0.2, -0.15) is 13.2 Å². The molecule has 0 saturated carbocycles. The summed E-state index contributed by atoms with van der Waals surface area (Å²) < 4.78 is 65.0. The van der Waals surface area contributed by atoms with E-state index in [0.717, 1.165) is 25.0 Å². The number of benzene rings is 1. The Balaban J connectivity index is 1.99. The van der Waals surface area contributed by atoms with Crippen LogP contribution >= 0.6 is 11.6 Å². The maximum Gasteiger partial charge on any atom is 0.418 e. The number of hydrogen-bond acceptors (Lipinski definition) is 7. The number of alkyl halides is 3. The third kappa shape index (κ3) is 5.51. The van der Waals surface area contributed by atoms with Crippen LogP contribution in [0, 0.1) is 12.7 Å². The van der Waals surface area contributed by atoms with Gasteiger partial charge in [0.15, 0.2) is 5.82 Å². The molecule has 0 saturated heterocycles. The average molecular weight is 569 g/mol. The van der Waals surface area contributed by atoms with E-state index < -0.39 is 39.9 Å². The molecule has 0 aliphatic carbocycles. The first-order chi connectivity index (χ1) is 18.2. The normalized spacial score (nSPS) is 17.9. The van der Waals surface area contributed by atoms with Crippen molar-refractivity contribution in [2.75, 3.05) is 36.6 Å². The van der Waals surface area contributed by atoms with Crippen molar-refractivity contribution in [3.63, 3.8) is 0 Å². The largest absolute Gasteiger partial charge is 0.472 e. The second-order valence-corrected chi connectivity index (χ2v) is 10.6. The molecule has 4 rings (SSSR count). The molecule has 12 heteroatoms. The number of aromatic nitrogens is 2. The lowest BCUT2D eigenvalue weighted by atomic mass is 9.98. The lowest BCUT2D eigenvalue weighted by molar-refractivity contribution is -0.137. The summed E-state index contributed by atoms with van der Waals surface area (Å²) in [4.78, 5) is 10.8. The van der Waals surface area contributed by atoms with Crippen molar-refractivity contribution >= 4 is 39.7 Å². The summed E-state index contributed by atoms with van der Waals surface area (Å²) in [5.41, 5.74) is 3.89. The fourth-order valence-electron chi connectivity index (χ4n) is 5.01. The van der Waals surface area contributed by atoms with E-state index in [1.54, 1.807) is 25.9 Å². The zero-order valence-corrected chi connectivity index (χ0v) is 23.5. The molecule has 3 heterocycles. The van der Waals surface area contributed by atoms with Crippen LogP contribution in [0.15, 0.2) is 12.1 Å². The molecule has 39 heavy (non-hydrogen) atoms. The topological polar surface area (TPSA) is 88.3 Å². The van der Waals surface area contributed by atoms with E-state index in [9.17, 15) is 13.2 Å². The molecular formula is C27H33ClF4N6O. The van der Waals surface area contributed by atoms with Crippen LogP contribution < -0.4 is 26.0 Å². The van der Waals surface area contributed by atoms with Gasteiger partial charge in [-0.05, 0) is 39.3 Å². The second-order valence-electron chi connectivity index (χ2n) is 10.2. The molecule has 0 spiro atoms. The Bertz CT molecular complexity index is 1400. The predicted octanol–water partition coefficient (Wildman–Crippen LogP) is 6.40. The molecule has 2 unspecified atom stereocenters. The van der Waals surface area contributed by atoms with Gasteiger partial charge in [-0.25, -0.2) is 14.4 Å². The van der Waals surface area contributed by atoms with Gasteiger partial charge in [0.05, 0.1) is 22.0 Å². The van der Waals surface area contributed by atoms with Gasteiger partial charge >= 0.3 is 6.18 Å². The summed E-state index contributed by atoms with van der Waals surface area (Å²) in [6, 6.07) is 1.99. The van der Waals surface area contributed by atoms with Crippen molar-refractivity contribution in [2.45, 2.75) is 64.9 Å². The van der Waals surface area contributed by atoms with Crippen LogP contribution in [0.3, 0.4) is 0 Å². The smallest absolute Gasteiger partial charge is 0.418 e. The maximum atomic E-state index is 16.4. The summed E-state index contributed by atoms with van der Waals surface area (Å²) in [6.45, 7) is 8.20. The molecule has 0 fully saturated rings. The van der Waals surface area contributed by atoms with Crippen LogP contribution in [0.4, 0.5) is 34.9 Å². The molecule has 4 N–H and O–H groups in total. The minimum atomic E-state index is -4.88. The molecule has 1 aromatic carbocycles. The molecule has 1 aliphatic heterocycles. The SMILES string of the molecule is CCCC(C)NC[C@@H]1Nc2nc(N(C)C)c(C)c3c(F)c(-c4cc(N)cc(Cl)c4C(F)(F)F)nc(c23)OC1C. The Morgan fingerprint density at radius 3 is 2.54 bits per heavy atom. The van der Waals surface area contributed by atoms with Crippen LogP contribution in [0.2, 0.25) is 5.02 Å². The lowest BCUT2D eigenvalue weighted by Gasteiger charge is -2.25. The number of nitrogens with zero attached hydrogens (tertiary/aromatic N) is 3. The number of anilines is 3. The quantitative estimate of drug-likeness (QED) is 0.224. The highest BCUT2D eigenvalue weighted by atomic mass is 35.5. The Labute approximate surface area is 230 Å². The van der Waals surface area contributed by atoms with Crippen molar-refractivity contribution in [3.8, 4) is 17.1 Å². The number of halogens is 5. The number of nitrogens with two attached hydrogens (primary N) is 1. The van der Waals surface area contributed by atoms with Gasteiger partial charge in [0.1, 0.15) is 23.4 Å². The number of hydrogen-bond donors (Lipinski definition) is 3. The van der Waals surface area contributed by atoms with Crippen molar-refractivity contribution in [3.05, 3.63) is 34.1 Å². The highest BCUT2D eigenvalue weighted by Crippen LogP contribution is 2.47. The monoisotopic (exact) mass is 568 g/mol. The summed E-state index contributed by atoms with van der Waals surface area (Å²) in [7, 11) is 3.52. The number of rotatable bonds is 7. The van der Waals surface area contributed by atoms with Crippen LogP contribution in [0.5, 0.6) is 5.88 Å². The summed E-state index contributed by atoms with van der Waals surface area (Å²) in [6.07, 6.45) is -3.35. The minimum absolute atomic E-state index is 0.0203. The number of nitrogens with one attached hydrogen (secondary N) is 2. The maximum absolute atomic E-state index is 16.4. The number of nitrogen functional groups attached to an aromatic ring is 1. The van der Waals surface area contributed by atoms with Crippen molar-refractivity contribution in [2.24, 2.45) is 0 Å². The Kier molecular flexibility index (Phi) is 8.05.